The molecule has 1 amide bonds. The highest BCUT2D eigenvalue weighted by molar-refractivity contribution is 14.1. The van der Waals surface area contributed by atoms with Gasteiger partial charge in [0.2, 0.25) is 5.91 Å². The maximum atomic E-state index is 10.9. The van der Waals surface area contributed by atoms with Crippen LogP contribution in [-0.4, -0.2) is 21.9 Å². The largest absolute Gasteiger partial charge is 0.305 e. The molecule has 0 aliphatic carbocycles. The van der Waals surface area contributed by atoms with Crippen molar-refractivity contribution in [3.8, 4) is 0 Å². The fourth-order valence-electron chi connectivity index (χ4n) is 1.06. The summed E-state index contributed by atoms with van der Waals surface area (Å²) in [6.07, 6.45) is 2.71. The average molecular weight is 267 g/mol. The van der Waals surface area contributed by atoms with Crippen LogP contribution in [0.15, 0.2) is 9.78 Å². The Kier molecular flexibility index (Phi) is 1.68. The van der Waals surface area contributed by atoms with Gasteiger partial charge in [-0.25, -0.2) is 0 Å². The Labute approximate surface area is 77.2 Å². The number of carbonyl (C=O) groups is 1. The van der Waals surface area contributed by atoms with Crippen LogP contribution in [0.25, 0.3) is 0 Å². The molecule has 0 saturated carbocycles. The number of fused-ring (bicyclic) bond motifs is 1. The Morgan fingerprint density at radius 2 is 2.60 bits per heavy atom. The lowest BCUT2D eigenvalue weighted by Crippen LogP contribution is -2.48. The number of β-lactam (4-membered cyclic amide) rings is 1. The lowest BCUT2D eigenvalue weighted by molar-refractivity contribution is -0.137. The van der Waals surface area contributed by atoms with E-state index in [1.165, 1.54) is 3.58 Å². The molecule has 0 radical (unpaired) electrons. The second-order valence-corrected chi connectivity index (χ2v) is 4.90. The van der Waals surface area contributed by atoms with E-state index in [0.29, 0.717) is 5.37 Å². The fourth-order valence-corrected chi connectivity index (χ4v) is 2.92. The summed E-state index contributed by atoms with van der Waals surface area (Å²) in [4.78, 5) is 12.7. The van der Waals surface area contributed by atoms with Crippen molar-refractivity contribution in [2.45, 2.75) is 11.8 Å². The Bertz CT molecular complexity index is 216. The monoisotopic (exact) mass is 267 g/mol. The van der Waals surface area contributed by atoms with Gasteiger partial charge in [-0.1, -0.05) is 0 Å². The molecule has 1 saturated heterocycles. The molecular weight excluding hydrogens is 261 g/mol. The quantitative estimate of drug-likeness (QED) is 0.490. The minimum absolute atomic E-state index is 0.270. The molecule has 2 rings (SSSR count). The van der Waals surface area contributed by atoms with E-state index >= 15 is 0 Å². The van der Waals surface area contributed by atoms with Crippen LogP contribution in [-0.2, 0) is 4.79 Å². The molecule has 1 atom stereocenters. The summed E-state index contributed by atoms with van der Waals surface area (Å²) in [6, 6.07) is 0. The number of halogens is 1. The van der Waals surface area contributed by atoms with Crippen molar-refractivity contribution in [2.75, 3.05) is 5.75 Å². The standard InChI is InChI=1S/C6H6INOS/c7-4-2-8-5(9)1-6(8)10-3-4/h2,6H,1,3H2/t6-/m1/s1. The van der Waals surface area contributed by atoms with Crippen LogP contribution in [0.5, 0.6) is 0 Å². The second kappa shape index (κ2) is 2.41. The van der Waals surface area contributed by atoms with E-state index in [9.17, 15) is 4.79 Å². The zero-order valence-corrected chi connectivity index (χ0v) is 8.18. The first kappa shape index (κ1) is 6.97. The van der Waals surface area contributed by atoms with Gasteiger partial charge in [-0.15, -0.1) is 11.8 Å². The van der Waals surface area contributed by atoms with Gasteiger partial charge in [0, 0.05) is 15.5 Å². The summed E-state index contributed by atoms with van der Waals surface area (Å²) in [6.45, 7) is 0. The molecule has 1 fully saturated rings. The van der Waals surface area contributed by atoms with E-state index in [1.54, 1.807) is 0 Å². The molecule has 10 heavy (non-hydrogen) atoms. The lowest BCUT2D eigenvalue weighted by Gasteiger charge is -2.40. The molecule has 0 bridgehead atoms. The van der Waals surface area contributed by atoms with Gasteiger partial charge >= 0.3 is 0 Å². The third-order valence-electron chi connectivity index (χ3n) is 1.64. The normalized spacial score (nSPS) is 30.9. The number of carbonyl (C=O) groups excluding carboxylic acids is 1. The first-order chi connectivity index (χ1) is 4.77. The first-order valence-corrected chi connectivity index (χ1v) is 5.19. The SMILES string of the molecule is O=C1C[C@H]2SCC(I)=CN12. The molecule has 0 aromatic carbocycles. The lowest BCUT2D eigenvalue weighted by atomic mass is 10.2. The van der Waals surface area contributed by atoms with Gasteiger partial charge in [0.15, 0.2) is 0 Å². The molecule has 54 valence electrons. The molecule has 0 spiro atoms. The van der Waals surface area contributed by atoms with Gasteiger partial charge in [-0.3, -0.25) is 4.79 Å². The van der Waals surface area contributed by atoms with E-state index < -0.39 is 0 Å². The highest BCUT2D eigenvalue weighted by Crippen LogP contribution is 2.36. The Balaban J connectivity index is 2.18. The van der Waals surface area contributed by atoms with Crippen LogP contribution >= 0.6 is 34.4 Å². The minimum atomic E-state index is 0.270. The number of hydrogen-bond donors (Lipinski definition) is 0. The van der Waals surface area contributed by atoms with Crippen molar-refractivity contribution in [1.29, 1.82) is 0 Å². The van der Waals surface area contributed by atoms with Gasteiger partial charge in [-0.2, -0.15) is 0 Å². The summed E-state index contributed by atoms with van der Waals surface area (Å²) >= 11 is 4.13. The number of nitrogens with zero attached hydrogens (tertiary/aromatic N) is 1. The van der Waals surface area contributed by atoms with Crippen LogP contribution in [0.2, 0.25) is 0 Å². The molecule has 0 aromatic heterocycles. The smallest absolute Gasteiger partial charge is 0.230 e. The van der Waals surface area contributed by atoms with Crippen LogP contribution < -0.4 is 0 Å². The Hall–Kier alpha value is 0.290. The zero-order chi connectivity index (χ0) is 7.14. The van der Waals surface area contributed by atoms with Crippen LogP contribution in [0.4, 0.5) is 0 Å². The number of amides is 1. The van der Waals surface area contributed by atoms with E-state index in [1.807, 2.05) is 22.9 Å². The topological polar surface area (TPSA) is 20.3 Å². The fraction of sp³-hybridized carbons (Fsp3) is 0.500. The maximum Gasteiger partial charge on any atom is 0.230 e. The zero-order valence-electron chi connectivity index (χ0n) is 5.21. The minimum Gasteiger partial charge on any atom is -0.305 e. The maximum absolute atomic E-state index is 10.9. The van der Waals surface area contributed by atoms with Gasteiger partial charge in [0.1, 0.15) is 0 Å². The number of hydrogen-bond acceptors (Lipinski definition) is 2. The van der Waals surface area contributed by atoms with E-state index in [0.717, 1.165) is 12.2 Å². The molecule has 2 aliphatic rings. The third kappa shape index (κ3) is 0.972. The number of thioether (sulfide) groups is 1. The predicted molar refractivity (Wildman–Crippen MR) is 49.8 cm³/mol. The van der Waals surface area contributed by atoms with Gasteiger partial charge in [-0.05, 0) is 22.6 Å². The third-order valence-corrected chi connectivity index (χ3v) is 4.07. The molecule has 2 heterocycles. The summed E-state index contributed by atoms with van der Waals surface area (Å²) in [5, 5.41) is 0.464. The van der Waals surface area contributed by atoms with Crippen LogP contribution in [0.1, 0.15) is 6.42 Å². The first-order valence-electron chi connectivity index (χ1n) is 3.06. The van der Waals surface area contributed by atoms with Gasteiger partial charge in [0.25, 0.3) is 0 Å². The van der Waals surface area contributed by atoms with Crippen LogP contribution in [0.3, 0.4) is 0 Å². The predicted octanol–water partition coefficient (Wildman–Crippen LogP) is 1.57. The molecule has 0 aromatic rings. The summed E-state index contributed by atoms with van der Waals surface area (Å²) in [5.74, 6) is 1.35. The van der Waals surface area contributed by atoms with Crippen molar-refractivity contribution < 1.29 is 4.79 Å². The van der Waals surface area contributed by atoms with Crippen LogP contribution in [0, 0.1) is 0 Å². The second-order valence-electron chi connectivity index (χ2n) is 2.35. The molecule has 2 aliphatic heterocycles. The highest BCUT2D eigenvalue weighted by Gasteiger charge is 2.37. The molecule has 2 nitrogen and oxygen atoms in total. The van der Waals surface area contributed by atoms with Crippen molar-refractivity contribution in [3.05, 3.63) is 9.78 Å². The van der Waals surface area contributed by atoms with E-state index in [2.05, 4.69) is 22.6 Å². The van der Waals surface area contributed by atoms with Gasteiger partial charge < -0.3 is 4.90 Å². The molecule has 0 N–H and O–H groups in total. The average Bonchev–Trinajstić information content (AvgIpc) is 1.92. The Morgan fingerprint density at radius 1 is 1.80 bits per heavy atom. The van der Waals surface area contributed by atoms with Gasteiger partial charge in [0.05, 0.1) is 11.8 Å². The summed E-state index contributed by atoms with van der Waals surface area (Å²) in [5.41, 5.74) is 0. The van der Waals surface area contributed by atoms with Crippen molar-refractivity contribution in [3.63, 3.8) is 0 Å². The molecular formula is C6H6INOS. The van der Waals surface area contributed by atoms with Crippen molar-refractivity contribution >= 4 is 40.3 Å². The summed E-state index contributed by atoms with van der Waals surface area (Å²) < 4.78 is 1.27. The Morgan fingerprint density at radius 3 is 3.20 bits per heavy atom. The summed E-state index contributed by atoms with van der Waals surface area (Å²) in [7, 11) is 0. The molecule has 0 unspecified atom stereocenters. The highest BCUT2D eigenvalue weighted by atomic mass is 127. The van der Waals surface area contributed by atoms with Crippen molar-refractivity contribution in [2.24, 2.45) is 0 Å². The van der Waals surface area contributed by atoms with E-state index in [-0.39, 0.29) is 5.91 Å². The number of rotatable bonds is 0. The molecule has 4 heteroatoms. The van der Waals surface area contributed by atoms with Crippen molar-refractivity contribution in [1.82, 2.24) is 4.90 Å². The van der Waals surface area contributed by atoms with E-state index in [4.69, 9.17) is 0 Å².